The van der Waals surface area contributed by atoms with Crippen molar-refractivity contribution in [3.05, 3.63) is 90.0 Å². The topological polar surface area (TPSA) is 163 Å². The predicted octanol–water partition coefficient (Wildman–Crippen LogP) is 6.45. The number of aromatic hydroxyl groups is 1. The Labute approximate surface area is 394 Å². The van der Waals surface area contributed by atoms with Crippen LogP contribution >= 0.6 is 0 Å². The van der Waals surface area contributed by atoms with E-state index >= 15 is 0 Å². The number of nitrogens with zero attached hydrogens (tertiary/aromatic N) is 4. The zero-order valence-corrected chi connectivity index (χ0v) is 40.4. The highest BCUT2D eigenvalue weighted by Crippen LogP contribution is 2.42. The van der Waals surface area contributed by atoms with Crippen LogP contribution in [0.4, 0.5) is 0 Å². The molecule has 4 aromatic rings. The summed E-state index contributed by atoms with van der Waals surface area (Å²) < 4.78 is 14.1. The van der Waals surface area contributed by atoms with Gasteiger partial charge in [-0.2, -0.15) is 0 Å². The van der Waals surface area contributed by atoms with Gasteiger partial charge in [-0.3, -0.25) is 24.2 Å². The Bertz CT molecular complexity index is 2550. The van der Waals surface area contributed by atoms with E-state index in [4.69, 9.17) is 9.47 Å². The van der Waals surface area contributed by atoms with E-state index in [0.29, 0.717) is 50.9 Å². The molecule has 14 heteroatoms. The van der Waals surface area contributed by atoms with Crippen LogP contribution < -0.4 is 10.7 Å². The van der Waals surface area contributed by atoms with Gasteiger partial charge in [0.1, 0.15) is 23.4 Å². The van der Waals surface area contributed by atoms with Crippen LogP contribution in [0.1, 0.15) is 77.5 Å². The maximum Gasteiger partial charge on any atom is 0.327 e. The molecule has 0 radical (unpaired) electrons. The molecule has 67 heavy (non-hydrogen) atoms. The zero-order valence-electron chi connectivity index (χ0n) is 40.4. The van der Waals surface area contributed by atoms with Gasteiger partial charge in [0.15, 0.2) is 0 Å². The van der Waals surface area contributed by atoms with E-state index in [9.17, 15) is 29.1 Å². The minimum absolute atomic E-state index is 0.00267. The van der Waals surface area contributed by atoms with Crippen molar-refractivity contribution < 1.29 is 38.6 Å². The number of hydrogen-bond donors (Lipinski definition) is 3. The SMILES string of the molecule is C=CC(=O)N1CC[C@H](C(=O)N(C)[C@H](C(=O)N[C@H]2Cc3cc(O)cc(c3)-c3ccc4c(c3)c(c(-c3ccccc3CCOC)n4CC)CC(C)(C)COC(=O)[C@]3(C)CCCN(N3)C2=O)C(C)C)C1. The molecule has 6 bridgehead atoms. The molecule has 0 unspecified atom stereocenters. The first-order valence-electron chi connectivity index (χ1n) is 23.7. The molecule has 4 heterocycles. The lowest BCUT2D eigenvalue weighted by atomic mass is 9.83. The number of phenols is 1. The normalized spacial score (nSPS) is 21.4. The number of rotatable bonds is 11. The molecule has 3 aliphatic heterocycles. The number of aryl methyl sites for hydroxylation is 1. The van der Waals surface area contributed by atoms with Gasteiger partial charge in [-0.25, -0.2) is 10.2 Å². The number of amides is 4. The number of likely N-dealkylation sites (tertiary alicyclic amines) is 1. The number of hydrogen-bond acceptors (Lipinski definition) is 9. The third-order valence-electron chi connectivity index (χ3n) is 13.8. The van der Waals surface area contributed by atoms with Crippen LogP contribution in [-0.2, 0) is 59.3 Å². The van der Waals surface area contributed by atoms with Crippen LogP contribution in [0.5, 0.6) is 5.75 Å². The van der Waals surface area contributed by atoms with Crippen molar-refractivity contribution in [3.63, 3.8) is 0 Å². The van der Waals surface area contributed by atoms with Crippen molar-refractivity contribution >= 4 is 40.5 Å². The van der Waals surface area contributed by atoms with E-state index in [1.54, 1.807) is 38.1 Å². The predicted molar refractivity (Wildman–Crippen MR) is 259 cm³/mol. The quantitative estimate of drug-likeness (QED) is 0.114. The van der Waals surface area contributed by atoms with Crippen molar-refractivity contribution in [1.29, 1.82) is 0 Å². The summed E-state index contributed by atoms with van der Waals surface area (Å²) in [6, 6.07) is 17.9. The number of cyclic esters (lactones) is 1. The molecule has 3 aliphatic rings. The number of phenolic OH excluding ortho intramolecular Hbond substituents is 1. The second-order valence-electron chi connectivity index (χ2n) is 19.9. The molecule has 3 N–H and O–H groups in total. The Balaban J connectivity index is 1.32. The summed E-state index contributed by atoms with van der Waals surface area (Å²) in [5, 5.41) is 16.8. The molecular weight excluding hydrogens is 849 g/mol. The van der Waals surface area contributed by atoms with E-state index in [1.165, 1.54) is 16.0 Å². The molecule has 4 amide bonds. The lowest BCUT2D eigenvalue weighted by Gasteiger charge is -2.41. The molecule has 358 valence electrons. The smallest absolute Gasteiger partial charge is 0.327 e. The van der Waals surface area contributed by atoms with Gasteiger partial charge in [0.25, 0.3) is 5.91 Å². The molecule has 2 saturated heterocycles. The lowest BCUT2D eigenvalue weighted by Crippen LogP contribution is -2.66. The van der Waals surface area contributed by atoms with Gasteiger partial charge in [-0.05, 0) is 110 Å². The summed E-state index contributed by atoms with van der Waals surface area (Å²) in [5.74, 6) is -2.85. The highest BCUT2D eigenvalue weighted by atomic mass is 16.5. The first-order valence-corrected chi connectivity index (χ1v) is 23.7. The van der Waals surface area contributed by atoms with Crippen molar-refractivity contribution in [2.75, 3.05) is 47.0 Å². The monoisotopic (exact) mass is 917 g/mol. The fourth-order valence-electron chi connectivity index (χ4n) is 10.3. The number of benzene rings is 3. The molecule has 14 nitrogen and oxygen atoms in total. The van der Waals surface area contributed by atoms with Gasteiger partial charge in [-0.15, -0.1) is 0 Å². The van der Waals surface area contributed by atoms with Gasteiger partial charge in [0.2, 0.25) is 17.7 Å². The molecule has 4 atom stereocenters. The summed E-state index contributed by atoms with van der Waals surface area (Å²) in [6.07, 6.45) is 3.89. The van der Waals surface area contributed by atoms with E-state index in [2.05, 4.69) is 79.1 Å². The van der Waals surface area contributed by atoms with Gasteiger partial charge in [0.05, 0.1) is 24.8 Å². The Kier molecular flexibility index (Phi) is 14.7. The number of aromatic nitrogens is 1. The molecular formula is C53H68N6O8. The standard InChI is InChI=1S/C53H68N6O8/c1-10-45(61)57-23-19-37(31-57)49(63)56(8)46(33(3)4)48(62)54-43-27-34-25-38(28-39(60)26-34)36-17-18-44-41(29-36)42(47(58(44)11-2)40-16-13-12-15-35(40)20-24-66-9)30-52(5,6)32-67-51(65)53(7)21-14-22-59(55-53)50(43)64/h10,12-13,15-18,25-26,28-29,33,37,43,46,55,60H,1,11,14,19-24,27,30-32H2,2-9H3,(H,54,62)/t37-,43-,46-,53-/m0/s1. The van der Waals surface area contributed by atoms with Crippen molar-refractivity contribution in [1.82, 2.24) is 30.1 Å². The highest BCUT2D eigenvalue weighted by Gasteiger charge is 2.44. The van der Waals surface area contributed by atoms with E-state index < -0.39 is 46.7 Å². The van der Waals surface area contributed by atoms with Gasteiger partial charge in [0, 0.05) is 68.6 Å². The second-order valence-corrected chi connectivity index (χ2v) is 19.9. The van der Waals surface area contributed by atoms with E-state index in [-0.39, 0.29) is 49.6 Å². The maximum atomic E-state index is 14.9. The number of esters is 1. The molecule has 7 rings (SSSR count). The van der Waals surface area contributed by atoms with Crippen molar-refractivity contribution in [3.8, 4) is 28.1 Å². The highest BCUT2D eigenvalue weighted by molar-refractivity contribution is 5.96. The summed E-state index contributed by atoms with van der Waals surface area (Å²) in [6.45, 7) is 17.6. The first kappa shape index (κ1) is 48.9. The number of likely N-dealkylation sites (N-methyl/N-ethyl adjacent to an activating group) is 1. The second kappa shape index (κ2) is 20.1. The first-order chi connectivity index (χ1) is 31.9. The zero-order chi connectivity index (χ0) is 48.4. The molecule has 0 aliphatic carbocycles. The average molecular weight is 917 g/mol. The summed E-state index contributed by atoms with van der Waals surface area (Å²) >= 11 is 0. The maximum absolute atomic E-state index is 14.9. The van der Waals surface area contributed by atoms with Crippen LogP contribution in [-0.4, -0.2) is 119 Å². The third-order valence-corrected chi connectivity index (χ3v) is 13.8. The Morgan fingerprint density at radius 1 is 1.06 bits per heavy atom. The number of carbonyl (C=O) groups is 5. The minimum atomic E-state index is -1.25. The average Bonchev–Trinajstić information content (AvgIpc) is 3.91. The molecule has 3 aromatic carbocycles. The fraction of sp³-hybridized carbons (Fsp3) is 0.491. The van der Waals surface area contributed by atoms with Crippen molar-refractivity contribution in [2.45, 2.75) is 104 Å². The number of carbonyl (C=O) groups excluding carboxylic acids is 5. The largest absolute Gasteiger partial charge is 0.508 e. The van der Waals surface area contributed by atoms with Crippen LogP contribution in [0.15, 0.2) is 73.3 Å². The molecule has 0 spiro atoms. The van der Waals surface area contributed by atoms with Gasteiger partial charge in [-0.1, -0.05) is 70.7 Å². The van der Waals surface area contributed by atoms with Crippen LogP contribution in [0.25, 0.3) is 33.3 Å². The van der Waals surface area contributed by atoms with Crippen LogP contribution in [0, 0.1) is 17.3 Å². The summed E-state index contributed by atoms with van der Waals surface area (Å²) in [4.78, 5) is 73.0. The van der Waals surface area contributed by atoms with E-state index in [0.717, 1.165) is 50.8 Å². The summed E-state index contributed by atoms with van der Waals surface area (Å²) in [5.41, 5.74) is 9.14. The van der Waals surface area contributed by atoms with Crippen LogP contribution in [0.2, 0.25) is 0 Å². The van der Waals surface area contributed by atoms with Gasteiger partial charge >= 0.3 is 5.97 Å². The number of ether oxygens (including phenoxy) is 2. The van der Waals surface area contributed by atoms with Gasteiger partial charge < -0.3 is 34.3 Å². The number of hydrazine groups is 1. The van der Waals surface area contributed by atoms with E-state index in [1.807, 2.05) is 26.0 Å². The summed E-state index contributed by atoms with van der Waals surface area (Å²) in [7, 11) is 3.29. The number of fused-ring (bicyclic) bond motifs is 6. The molecule has 2 fully saturated rings. The minimum Gasteiger partial charge on any atom is -0.508 e. The fourth-order valence-corrected chi connectivity index (χ4v) is 10.3. The molecule has 1 aromatic heterocycles. The number of nitrogens with one attached hydrogen (secondary N) is 2. The number of methoxy groups -OCH3 is 1. The Morgan fingerprint density at radius 3 is 2.54 bits per heavy atom. The third kappa shape index (κ3) is 10.3. The van der Waals surface area contributed by atoms with Crippen LogP contribution in [0.3, 0.4) is 0 Å². The Hall–Kier alpha value is -5.99. The molecule has 0 saturated carbocycles. The van der Waals surface area contributed by atoms with Crippen molar-refractivity contribution in [2.24, 2.45) is 17.3 Å². The lowest BCUT2D eigenvalue weighted by molar-refractivity contribution is -0.162. The Morgan fingerprint density at radius 2 is 1.82 bits per heavy atom.